The van der Waals surface area contributed by atoms with Crippen LogP contribution in [-0.4, -0.2) is 40.6 Å². The van der Waals surface area contributed by atoms with E-state index in [1.165, 1.54) is 12.8 Å². The third kappa shape index (κ3) is 5.24. The molecule has 2 N–H and O–H groups in total. The van der Waals surface area contributed by atoms with Crippen LogP contribution >= 0.6 is 28.3 Å². The van der Waals surface area contributed by atoms with Crippen molar-refractivity contribution in [2.45, 2.75) is 38.3 Å². The van der Waals surface area contributed by atoms with Crippen LogP contribution in [0.3, 0.4) is 0 Å². The van der Waals surface area contributed by atoms with Gasteiger partial charge >= 0.3 is 0 Å². The predicted molar refractivity (Wildman–Crippen MR) is 112 cm³/mol. The number of halogens is 2. The quantitative estimate of drug-likeness (QED) is 0.702. The van der Waals surface area contributed by atoms with E-state index in [-0.39, 0.29) is 30.9 Å². The highest BCUT2D eigenvalue weighted by Gasteiger charge is 2.23. The van der Waals surface area contributed by atoms with Gasteiger partial charge in [-0.25, -0.2) is 4.68 Å². The second-order valence-corrected chi connectivity index (χ2v) is 8.16. The summed E-state index contributed by atoms with van der Waals surface area (Å²) in [6.07, 6.45) is 5.94. The molecule has 0 aliphatic carbocycles. The Morgan fingerprint density at radius 2 is 2.14 bits per heavy atom. The summed E-state index contributed by atoms with van der Waals surface area (Å²) in [5.74, 6) is 1.42. The van der Waals surface area contributed by atoms with Crippen molar-refractivity contribution in [2.24, 2.45) is 5.92 Å². The van der Waals surface area contributed by atoms with Crippen molar-refractivity contribution < 1.29 is 9.53 Å². The molecule has 0 spiro atoms. The standard InChI is InChI=1S/C19H24BrN5O2.ClH/c20-14-1-2-18-16(10-14)17(5-8-27-18)22-19(26)12-25-11-15(23-24-25)9-13-3-6-21-7-4-13;/h1-2,10-11,13,17,21H,3-9,12H2,(H,22,26);1H. The molecular formula is C19H25BrClN5O2. The van der Waals surface area contributed by atoms with Gasteiger partial charge in [-0.1, -0.05) is 21.1 Å². The molecule has 2 aliphatic rings. The second kappa shape index (κ2) is 9.71. The molecule has 28 heavy (non-hydrogen) atoms. The first kappa shape index (κ1) is 21.1. The molecule has 2 aliphatic heterocycles. The van der Waals surface area contributed by atoms with E-state index in [4.69, 9.17) is 4.74 Å². The van der Waals surface area contributed by atoms with Crippen LogP contribution in [0.25, 0.3) is 0 Å². The van der Waals surface area contributed by atoms with Crippen molar-refractivity contribution in [1.29, 1.82) is 0 Å². The third-order valence-corrected chi connectivity index (χ3v) is 5.69. The monoisotopic (exact) mass is 469 g/mol. The van der Waals surface area contributed by atoms with Gasteiger partial charge in [0.15, 0.2) is 0 Å². The summed E-state index contributed by atoms with van der Waals surface area (Å²) in [4.78, 5) is 12.5. The fourth-order valence-electron chi connectivity index (χ4n) is 3.79. The Kier molecular flexibility index (Phi) is 7.31. The Balaban J connectivity index is 0.00000225. The molecule has 7 nitrogen and oxygen atoms in total. The van der Waals surface area contributed by atoms with Gasteiger partial charge in [0.05, 0.1) is 18.3 Å². The zero-order valence-electron chi connectivity index (χ0n) is 15.6. The van der Waals surface area contributed by atoms with Crippen LogP contribution in [0.1, 0.15) is 36.6 Å². The van der Waals surface area contributed by atoms with Crippen molar-refractivity contribution in [3.8, 4) is 5.75 Å². The van der Waals surface area contributed by atoms with Gasteiger partial charge in [0, 0.05) is 22.7 Å². The molecule has 1 unspecified atom stereocenters. The van der Waals surface area contributed by atoms with Crippen molar-refractivity contribution in [2.75, 3.05) is 19.7 Å². The van der Waals surface area contributed by atoms with Crippen LogP contribution in [0, 0.1) is 5.92 Å². The van der Waals surface area contributed by atoms with Crippen LogP contribution in [0.15, 0.2) is 28.9 Å². The average molecular weight is 471 g/mol. The van der Waals surface area contributed by atoms with Gasteiger partial charge in [-0.15, -0.1) is 17.5 Å². The highest BCUT2D eigenvalue weighted by atomic mass is 79.9. The number of fused-ring (bicyclic) bond motifs is 1. The first-order chi connectivity index (χ1) is 13.2. The lowest BCUT2D eigenvalue weighted by Crippen LogP contribution is -2.34. The Morgan fingerprint density at radius 3 is 2.96 bits per heavy atom. The first-order valence-corrected chi connectivity index (χ1v) is 10.3. The molecule has 1 atom stereocenters. The van der Waals surface area contributed by atoms with E-state index in [1.54, 1.807) is 4.68 Å². The maximum absolute atomic E-state index is 12.5. The molecule has 9 heteroatoms. The summed E-state index contributed by atoms with van der Waals surface area (Å²) >= 11 is 3.49. The van der Waals surface area contributed by atoms with Gasteiger partial charge < -0.3 is 15.4 Å². The first-order valence-electron chi connectivity index (χ1n) is 9.49. The van der Waals surface area contributed by atoms with Crippen molar-refractivity contribution in [3.05, 3.63) is 40.1 Å². The fraction of sp³-hybridized carbons (Fsp3) is 0.526. The number of carbonyl (C=O) groups is 1. The van der Waals surface area contributed by atoms with Crippen molar-refractivity contribution in [3.63, 3.8) is 0 Å². The van der Waals surface area contributed by atoms with E-state index in [2.05, 4.69) is 36.9 Å². The summed E-state index contributed by atoms with van der Waals surface area (Å²) in [5.41, 5.74) is 1.98. The number of piperidine rings is 1. The maximum atomic E-state index is 12.5. The molecule has 3 heterocycles. The Labute approximate surface area is 179 Å². The topological polar surface area (TPSA) is 81.1 Å². The second-order valence-electron chi connectivity index (χ2n) is 7.24. The van der Waals surface area contributed by atoms with Gasteiger partial charge in [-0.2, -0.15) is 0 Å². The van der Waals surface area contributed by atoms with E-state index in [9.17, 15) is 4.79 Å². The highest BCUT2D eigenvalue weighted by Crippen LogP contribution is 2.34. The molecular weight excluding hydrogens is 446 g/mol. The van der Waals surface area contributed by atoms with Crippen LogP contribution < -0.4 is 15.4 Å². The van der Waals surface area contributed by atoms with E-state index in [1.807, 2.05) is 24.4 Å². The molecule has 0 saturated carbocycles. The largest absolute Gasteiger partial charge is 0.493 e. The Hall–Kier alpha value is -1.64. The van der Waals surface area contributed by atoms with Crippen molar-refractivity contribution >= 4 is 34.2 Å². The number of amides is 1. The number of hydrogen-bond acceptors (Lipinski definition) is 5. The summed E-state index contributed by atoms with van der Waals surface area (Å²) in [5, 5.41) is 14.9. The SMILES string of the molecule is Cl.O=C(Cn1cc(CC2CCNCC2)nn1)NC1CCOc2ccc(Br)cc21. The van der Waals surface area contributed by atoms with Crippen LogP contribution in [0.5, 0.6) is 5.75 Å². The van der Waals surface area contributed by atoms with Gasteiger partial charge in [-0.3, -0.25) is 4.79 Å². The summed E-state index contributed by atoms with van der Waals surface area (Å²) in [6, 6.07) is 5.84. The van der Waals surface area contributed by atoms with Gasteiger partial charge in [-0.05, 0) is 56.5 Å². The number of ether oxygens (including phenoxy) is 1. The number of benzene rings is 1. The number of nitrogens with zero attached hydrogens (tertiary/aromatic N) is 3. The number of aromatic nitrogens is 3. The predicted octanol–water partition coefficient (Wildman–Crippen LogP) is 2.64. The van der Waals surface area contributed by atoms with Crippen LogP contribution in [0.4, 0.5) is 0 Å². The molecule has 1 saturated heterocycles. The molecule has 0 bridgehead atoms. The molecule has 1 fully saturated rings. The third-order valence-electron chi connectivity index (χ3n) is 5.19. The number of rotatable bonds is 5. The molecule has 4 rings (SSSR count). The van der Waals surface area contributed by atoms with Crippen LogP contribution in [-0.2, 0) is 17.8 Å². The summed E-state index contributed by atoms with van der Waals surface area (Å²) < 4.78 is 8.29. The zero-order valence-corrected chi connectivity index (χ0v) is 18.0. The fourth-order valence-corrected chi connectivity index (χ4v) is 4.17. The van der Waals surface area contributed by atoms with Gasteiger partial charge in [0.2, 0.25) is 5.91 Å². The number of hydrogen-bond donors (Lipinski definition) is 2. The highest BCUT2D eigenvalue weighted by molar-refractivity contribution is 9.10. The van der Waals surface area contributed by atoms with Gasteiger partial charge in [0.1, 0.15) is 12.3 Å². The minimum absolute atomic E-state index is 0. The number of nitrogens with one attached hydrogen (secondary N) is 2. The van der Waals surface area contributed by atoms with Gasteiger partial charge in [0.25, 0.3) is 0 Å². The van der Waals surface area contributed by atoms with E-state index >= 15 is 0 Å². The zero-order chi connectivity index (χ0) is 18.6. The van der Waals surface area contributed by atoms with Crippen LogP contribution in [0.2, 0.25) is 0 Å². The molecule has 1 aromatic heterocycles. The van der Waals surface area contributed by atoms with Crippen molar-refractivity contribution in [1.82, 2.24) is 25.6 Å². The molecule has 2 aromatic rings. The summed E-state index contributed by atoms with van der Waals surface area (Å²) in [7, 11) is 0. The lowest BCUT2D eigenvalue weighted by atomic mass is 9.93. The normalized spacial score (nSPS) is 19.2. The maximum Gasteiger partial charge on any atom is 0.242 e. The Morgan fingerprint density at radius 1 is 1.32 bits per heavy atom. The van der Waals surface area contributed by atoms with E-state index in [0.29, 0.717) is 12.5 Å². The average Bonchev–Trinajstić information content (AvgIpc) is 3.09. The summed E-state index contributed by atoms with van der Waals surface area (Å²) in [6.45, 7) is 2.93. The lowest BCUT2D eigenvalue weighted by Gasteiger charge is -2.26. The minimum Gasteiger partial charge on any atom is -0.493 e. The van der Waals surface area contributed by atoms with E-state index < -0.39 is 0 Å². The van der Waals surface area contributed by atoms with E-state index in [0.717, 1.165) is 47.4 Å². The molecule has 0 radical (unpaired) electrons. The molecule has 1 amide bonds. The molecule has 152 valence electrons. The lowest BCUT2D eigenvalue weighted by molar-refractivity contribution is -0.122. The number of carbonyl (C=O) groups excluding carboxylic acids is 1. The smallest absolute Gasteiger partial charge is 0.242 e. The molecule has 1 aromatic carbocycles. The minimum atomic E-state index is -0.0638. The Bertz CT molecular complexity index is 809.